The van der Waals surface area contributed by atoms with Crippen LogP contribution in [-0.2, 0) is 0 Å². The summed E-state index contributed by atoms with van der Waals surface area (Å²) in [5.74, 6) is 0. The molecule has 1 aromatic rings. The van der Waals surface area contributed by atoms with Crippen molar-refractivity contribution in [1.29, 1.82) is 10.5 Å². The molecule has 1 aromatic carbocycles. The summed E-state index contributed by atoms with van der Waals surface area (Å²) in [7, 11) is 0. The number of hydrogen-bond donors (Lipinski definition) is 1. The molecular formula is C15H18N4. The van der Waals surface area contributed by atoms with E-state index in [-0.39, 0.29) is 6.04 Å². The summed E-state index contributed by atoms with van der Waals surface area (Å²) in [5.41, 5.74) is 1.80. The predicted octanol–water partition coefficient (Wildman–Crippen LogP) is 2.03. The molecule has 0 radical (unpaired) electrons. The molecule has 0 saturated carbocycles. The van der Waals surface area contributed by atoms with Gasteiger partial charge in [-0.25, -0.2) is 0 Å². The zero-order chi connectivity index (χ0) is 13.7. The van der Waals surface area contributed by atoms with Crippen molar-refractivity contribution in [1.82, 2.24) is 5.32 Å². The molecule has 0 aromatic heterocycles. The monoisotopic (exact) mass is 254 g/mol. The maximum Gasteiger partial charge on any atom is 0.0991 e. The Balaban J connectivity index is 2.13. The standard InChI is InChI=1S/C15H18N4/c1-12-7-9-19(11-14(18-12)6-8-16)15-4-2-13(10-17)3-5-15/h2-5,12,14,18H,6-7,9,11H2,1H3. The number of anilines is 1. The highest BCUT2D eigenvalue weighted by Gasteiger charge is 2.21. The van der Waals surface area contributed by atoms with E-state index in [1.807, 2.05) is 24.3 Å². The molecule has 2 unspecified atom stereocenters. The highest BCUT2D eigenvalue weighted by Crippen LogP contribution is 2.19. The van der Waals surface area contributed by atoms with E-state index in [2.05, 4.69) is 29.3 Å². The first-order chi connectivity index (χ1) is 9.22. The lowest BCUT2D eigenvalue weighted by Crippen LogP contribution is -2.39. The van der Waals surface area contributed by atoms with Gasteiger partial charge in [0, 0.05) is 30.9 Å². The van der Waals surface area contributed by atoms with E-state index < -0.39 is 0 Å². The summed E-state index contributed by atoms with van der Waals surface area (Å²) in [6.07, 6.45) is 1.58. The van der Waals surface area contributed by atoms with Crippen molar-refractivity contribution in [3.63, 3.8) is 0 Å². The largest absolute Gasteiger partial charge is 0.370 e. The number of benzene rings is 1. The van der Waals surface area contributed by atoms with Gasteiger partial charge in [0.2, 0.25) is 0 Å². The van der Waals surface area contributed by atoms with E-state index in [0.29, 0.717) is 18.0 Å². The van der Waals surface area contributed by atoms with Crippen LogP contribution in [0, 0.1) is 22.7 Å². The fraction of sp³-hybridized carbons (Fsp3) is 0.467. The van der Waals surface area contributed by atoms with Crippen molar-refractivity contribution >= 4 is 5.69 Å². The van der Waals surface area contributed by atoms with E-state index in [1.165, 1.54) is 0 Å². The number of nitriles is 2. The second-order valence-electron chi connectivity index (χ2n) is 5.02. The Labute approximate surface area is 114 Å². The molecule has 98 valence electrons. The van der Waals surface area contributed by atoms with E-state index in [4.69, 9.17) is 10.5 Å². The maximum absolute atomic E-state index is 8.88. The summed E-state index contributed by atoms with van der Waals surface area (Å²) in [6, 6.07) is 12.7. The quantitative estimate of drug-likeness (QED) is 0.877. The van der Waals surface area contributed by atoms with Crippen LogP contribution in [-0.4, -0.2) is 25.2 Å². The Morgan fingerprint density at radius 1 is 1.32 bits per heavy atom. The molecule has 4 nitrogen and oxygen atoms in total. The smallest absolute Gasteiger partial charge is 0.0991 e. The molecule has 1 aliphatic rings. The van der Waals surface area contributed by atoms with Crippen molar-refractivity contribution in [2.24, 2.45) is 0 Å². The van der Waals surface area contributed by atoms with Crippen LogP contribution in [0.25, 0.3) is 0 Å². The first-order valence-corrected chi connectivity index (χ1v) is 6.61. The topological polar surface area (TPSA) is 62.9 Å². The van der Waals surface area contributed by atoms with Crippen LogP contribution < -0.4 is 10.2 Å². The first kappa shape index (κ1) is 13.4. The van der Waals surface area contributed by atoms with Gasteiger partial charge in [-0.05, 0) is 37.6 Å². The lowest BCUT2D eigenvalue weighted by molar-refractivity contribution is 0.473. The minimum absolute atomic E-state index is 0.207. The zero-order valence-electron chi connectivity index (χ0n) is 11.1. The molecule has 2 atom stereocenters. The molecule has 0 spiro atoms. The highest BCUT2D eigenvalue weighted by atomic mass is 15.2. The van der Waals surface area contributed by atoms with E-state index in [9.17, 15) is 0 Å². The fourth-order valence-electron chi connectivity index (χ4n) is 2.46. The number of hydrogen-bond acceptors (Lipinski definition) is 4. The average Bonchev–Trinajstić information content (AvgIpc) is 2.61. The minimum Gasteiger partial charge on any atom is -0.370 e. The molecule has 1 aliphatic heterocycles. The van der Waals surface area contributed by atoms with E-state index in [0.717, 1.165) is 25.2 Å². The average molecular weight is 254 g/mol. The van der Waals surface area contributed by atoms with Gasteiger partial charge in [-0.3, -0.25) is 0 Å². The van der Waals surface area contributed by atoms with Gasteiger partial charge in [-0.1, -0.05) is 0 Å². The Morgan fingerprint density at radius 2 is 2.05 bits per heavy atom. The van der Waals surface area contributed by atoms with Crippen LogP contribution >= 0.6 is 0 Å². The minimum atomic E-state index is 0.207. The molecule has 1 heterocycles. The van der Waals surface area contributed by atoms with Crippen molar-refractivity contribution in [3.8, 4) is 12.1 Å². The Morgan fingerprint density at radius 3 is 2.68 bits per heavy atom. The van der Waals surface area contributed by atoms with Crippen LogP contribution in [0.5, 0.6) is 0 Å². The zero-order valence-corrected chi connectivity index (χ0v) is 11.1. The van der Waals surface area contributed by atoms with Crippen LogP contribution in [0.3, 0.4) is 0 Å². The molecular weight excluding hydrogens is 236 g/mol. The van der Waals surface area contributed by atoms with Crippen molar-refractivity contribution in [2.75, 3.05) is 18.0 Å². The summed E-state index contributed by atoms with van der Waals surface area (Å²) in [5, 5.41) is 21.2. The van der Waals surface area contributed by atoms with Crippen molar-refractivity contribution in [2.45, 2.75) is 31.8 Å². The second-order valence-corrected chi connectivity index (χ2v) is 5.02. The summed E-state index contributed by atoms with van der Waals surface area (Å²) in [6.45, 7) is 3.97. The van der Waals surface area contributed by atoms with Crippen molar-refractivity contribution < 1.29 is 0 Å². The van der Waals surface area contributed by atoms with Gasteiger partial charge in [-0.2, -0.15) is 10.5 Å². The van der Waals surface area contributed by atoms with Gasteiger partial charge in [0.1, 0.15) is 0 Å². The molecule has 0 amide bonds. The lowest BCUT2D eigenvalue weighted by Gasteiger charge is -2.25. The summed E-state index contributed by atoms with van der Waals surface area (Å²) in [4.78, 5) is 2.29. The van der Waals surface area contributed by atoms with Crippen LogP contribution in [0.1, 0.15) is 25.3 Å². The first-order valence-electron chi connectivity index (χ1n) is 6.61. The number of nitrogens with one attached hydrogen (secondary N) is 1. The van der Waals surface area contributed by atoms with Gasteiger partial charge in [0.15, 0.2) is 0 Å². The highest BCUT2D eigenvalue weighted by molar-refractivity contribution is 5.50. The molecule has 19 heavy (non-hydrogen) atoms. The number of rotatable bonds is 2. The van der Waals surface area contributed by atoms with E-state index >= 15 is 0 Å². The predicted molar refractivity (Wildman–Crippen MR) is 74.6 cm³/mol. The van der Waals surface area contributed by atoms with Crippen LogP contribution in [0.2, 0.25) is 0 Å². The SMILES string of the molecule is CC1CCN(c2ccc(C#N)cc2)CC(CC#N)N1. The third kappa shape index (κ3) is 3.47. The normalized spacial score (nSPS) is 23.2. The molecule has 0 bridgehead atoms. The van der Waals surface area contributed by atoms with Gasteiger partial charge < -0.3 is 10.2 Å². The molecule has 1 saturated heterocycles. The molecule has 1 fully saturated rings. The van der Waals surface area contributed by atoms with Gasteiger partial charge in [-0.15, -0.1) is 0 Å². The Hall–Kier alpha value is -2.04. The van der Waals surface area contributed by atoms with Crippen LogP contribution in [0.4, 0.5) is 5.69 Å². The second kappa shape index (κ2) is 6.22. The van der Waals surface area contributed by atoms with Gasteiger partial charge in [0.05, 0.1) is 24.1 Å². The van der Waals surface area contributed by atoms with Crippen LogP contribution in [0.15, 0.2) is 24.3 Å². The third-order valence-corrected chi connectivity index (χ3v) is 3.49. The lowest BCUT2D eigenvalue weighted by atomic mass is 10.1. The Kier molecular flexibility index (Phi) is 4.39. The van der Waals surface area contributed by atoms with E-state index in [1.54, 1.807) is 0 Å². The van der Waals surface area contributed by atoms with Gasteiger partial charge >= 0.3 is 0 Å². The fourth-order valence-corrected chi connectivity index (χ4v) is 2.46. The number of nitrogens with zero attached hydrogens (tertiary/aromatic N) is 3. The molecule has 2 rings (SSSR count). The molecule has 0 aliphatic carbocycles. The third-order valence-electron chi connectivity index (χ3n) is 3.49. The summed E-state index contributed by atoms with van der Waals surface area (Å²) >= 11 is 0. The summed E-state index contributed by atoms with van der Waals surface area (Å²) < 4.78 is 0. The molecule has 4 heteroatoms. The van der Waals surface area contributed by atoms with Gasteiger partial charge in [0.25, 0.3) is 0 Å². The Bertz CT molecular complexity index is 494. The van der Waals surface area contributed by atoms with Crippen molar-refractivity contribution in [3.05, 3.63) is 29.8 Å². The maximum atomic E-state index is 8.88. The molecule has 1 N–H and O–H groups in total.